The van der Waals surface area contributed by atoms with E-state index in [1.165, 1.54) is 11.0 Å². The van der Waals surface area contributed by atoms with Crippen molar-refractivity contribution in [1.82, 2.24) is 10.6 Å². The van der Waals surface area contributed by atoms with Gasteiger partial charge in [0.2, 0.25) is 11.8 Å². The summed E-state index contributed by atoms with van der Waals surface area (Å²) >= 11 is 0. The smallest absolute Gasteiger partial charge is 0.249 e. The largest absolute Gasteiger partial charge is 0.344 e. The lowest BCUT2D eigenvalue weighted by Gasteiger charge is -2.34. The van der Waals surface area contributed by atoms with Crippen LogP contribution in [-0.2, 0) is 9.59 Å². The molecule has 124 valence electrons. The Labute approximate surface area is 135 Å². The second-order valence-electron chi connectivity index (χ2n) is 6.17. The summed E-state index contributed by atoms with van der Waals surface area (Å²) in [6, 6.07) is 5.71. The molecule has 2 saturated heterocycles. The molecular weight excluding hydrogens is 297 g/mol. The normalized spacial score (nSPS) is 22.9. The summed E-state index contributed by atoms with van der Waals surface area (Å²) in [6.07, 6.45) is 2.95. The summed E-state index contributed by atoms with van der Waals surface area (Å²) < 4.78 is 13.9. The van der Waals surface area contributed by atoms with Crippen molar-refractivity contribution in [1.29, 1.82) is 0 Å². The number of carbonyl (C=O) groups excluding carboxylic acids is 2. The van der Waals surface area contributed by atoms with E-state index in [9.17, 15) is 14.0 Å². The third-order valence-corrected chi connectivity index (χ3v) is 4.61. The molecule has 0 saturated carbocycles. The SMILES string of the molecule is O=C(NC1CCCN(c2ccccc2F)C1=O)C1CCNCC1. The summed E-state index contributed by atoms with van der Waals surface area (Å²) in [5.41, 5.74) is 0.290. The van der Waals surface area contributed by atoms with E-state index in [2.05, 4.69) is 10.6 Å². The molecule has 2 amide bonds. The molecule has 2 N–H and O–H groups in total. The van der Waals surface area contributed by atoms with Gasteiger partial charge < -0.3 is 15.5 Å². The number of piperidine rings is 2. The van der Waals surface area contributed by atoms with E-state index >= 15 is 0 Å². The van der Waals surface area contributed by atoms with Crippen LogP contribution in [0, 0.1) is 11.7 Å². The van der Waals surface area contributed by atoms with Gasteiger partial charge in [-0.3, -0.25) is 9.59 Å². The first-order chi connectivity index (χ1) is 11.2. The topological polar surface area (TPSA) is 61.4 Å². The number of nitrogens with one attached hydrogen (secondary N) is 2. The average Bonchev–Trinajstić information content (AvgIpc) is 2.58. The molecule has 0 spiro atoms. The molecule has 23 heavy (non-hydrogen) atoms. The van der Waals surface area contributed by atoms with Gasteiger partial charge in [-0.05, 0) is 50.9 Å². The van der Waals surface area contributed by atoms with Crippen LogP contribution in [0.3, 0.4) is 0 Å². The zero-order chi connectivity index (χ0) is 16.2. The highest BCUT2D eigenvalue weighted by Gasteiger charge is 2.33. The van der Waals surface area contributed by atoms with Gasteiger partial charge in [-0.2, -0.15) is 0 Å². The van der Waals surface area contributed by atoms with Gasteiger partial charge in [0.25, 0.3) is 0 Å². The van der Waals surface area contributed by atoms with Crippen molar-refractivity contribution in [2.75, 3.05) is 24.5 Å². The Balaban J connectivity index is 1.67. The number of amides is 2. The van der Waals surface area contributed by atoms with Crippen LogP contribution in [0.1, 0.15) is 25.7 Å². The minimum absolute atomic E-state index is 0.0344. The Morgan fingerprint density at radius 2 is 1.96 bits per heavy atom. The maximum absolute atomic E-state index is 13.9. The maximum atomic E-state index is 13.9. The van der Waals surface area contributed by atoms with Crippen molar-refractivity contribution in [3.05, 3.63) is 30.1 Å². The highest BCUT2D eigenvalue weighted by molar-refractivity contribution is 6.00. The van der Waals surface area contributed by atoms with Crippen LogP contribution in [-0.4, -0.2) is 37.5 Å². The summed E-state index contributed by atoms with van der Waals surface area (Å²) in [5.74, 6) is -0.720. The van der Waals surface area contributed by atoms with Gasteiger partial charge in [-0.15, -0.1) is 0 Å². The predicted octanol–water partition coefficient (Wildman–Crippen LogP) is 1.44. The molecular formula is C17H22FN3O2. The van der Waals surface area contributed by atoms with E-state index < -0.39 is 11.9 Å². The maximum Gasteiger partial charge on any atom is 0.249 e. The molecule has 2 aliphatic rings. The highest BCUT2D eigenvalue weighted by Crippen LogP contribution is 2.24. The lowest BCUT2D eigenvalue weighted by molar-refractivity contribution is -0.131. The van der Waals surface area contributed by atoms with Crippen LogP contribution in [0.15, 0.2) is 24.3 Å². The first kappa shape index (κ1) is 15.9. The van der Waals surface area contributed by atoms with Crippen LogP contribution in [0.4, 0.5) is 10.1 Å². The van der Waals surface area contributed by atoms with Gasteiger partial charge >= 0.3 is 0 Å². The van der Waals surface area contributed by atoms with Crippen LogP contribution in [0.25, 0.3) is 0 Å². The molecule has 0 radical (unpaired) electrons. The summed E-state index contributed by atoms with van der Waals surface area (Å²) in [7, 11) is 0. The number of anilines is 1. The van der Waals surface area contributed by atoms with Crippen molar-refractivity contribution in [2.45, 2.75) is 31.7 Å². The van der Waals surface area contributed by atoms with Crippen molar-refractivity contribution < 1.29 is 14.0 Å². The number of para-hydroxylation sites is 1. The standard InChI is InChI=1S/C17H22FN3O2/c18-13-4-1-2-6-15(13)21-11-3-5-14(17(21)23)20-16(22)12-7-9-19-10-8-12/h1-2,4,6,12,14,19H,3,5,7-11H2,(H,20,22). The molecule has 2 heterocycles. The predicted molar refractivity (Wildman–Crippen MR) is 85.5 cm³/mol. The quantitative estimate of drug-likeness (QED) is 0.886. The van der Waals surface area contributed by atoms with Crippen molar-refractivity contribution in [3.63, 3.8) is 0 Å². The van der Waals surface area contributed by atoms with E-state index in [0.717, 1.165) is 32.4 Å². The van der Waals surface area contributed by atoms with Gasteiger partial charge in [0.05, 0.1) is 5.69 Å². The fourth-order valence-electron chi connectivity index (χ4n) is 3.29. The molecule has 5 nitrogen and oxygen atoms in total. The number of hydrogen-bond acceptors (Lipinski definition) is 3. The Morgan fingerprint density at radius 3 is 2.70 bits per heavy atom. The lowest BCUT2D eigenvalue weighted by Crippen LogP contribution is -2.54. The van der Waals surface area contributed by atoms with Gasteiger partial charge in [0, 0.05) is 12.5 Å². The average molecular weight is 319 g/mol. The molecule has 0 bridgehead atoms. The molecule has 1 aromatic rings. The van der Waals surface area contributed by atoms with Gasteiger partial charge in [0.1, 0.15) is 11.9 Å². The molecule has 1 unspecified atom stereocenters. The van der Waals surface area contributed by atoms with Crippen molar-refractivity contribution in [2.24, 2.45) is 5.92 Å². The first-order valence-electron chi connectivity index (χ1n) is 8.24. The van der Waals surface area contributed by atoms with Gasteiger partial charge in [-0.25, -0.2) is 4.39 Å². The van der Waals surface area contributed by atoms with E-state index in [1.807, 2.05) is 0 Å². The molecule has 2 aliphatic heterocycles. The molecule has 1 aromatic carbocycles. The van der Waals surface area contributed by atoms with E-state index in [-0.39, 0.29) is 17.7 Å². The van der Waals surface area contributed by atoms with E-state index in [1.54, 1.807) is 18.2 Å². The molecule has 2 fully saturated rings. The minimum atomic E-state index is -0.550. The second-order valence-corrected chi connectivity index (χ2v) is 6.17. The lowest BCUT2D eigenvalue weighted by atomic mass is 9.96. The Kier molecular flexibility index (Phi) is 4.91. The number of benzene rings is 1. The summed E-state index contributed by atoms with van der Waals surface area (Å²) in [5, 5.41) is 6.10. The highest BCUT2D eigenvalue weighted by atomic mass is 19.1. The number of halogens is 1. The number of carbonyl (C=O) groups is 2. The van der Waals surface area contributed by atoms with Crippen LogP contribution in [0.2, 0.25) is 0 Å². The summed E-state index contributed by atoms with van der Waals surface area (Å²) in [4.78, 5) is 26.4. The van der Waals surface area contributed by atoms with Gasteiger partial charge in [0.15, 0.2) is 0 Å². The number of rotatable bonds is 3. The fourth-order valence-corrected chi connectivity index (χ4v) is 3.29. The molecule has 6 heteroatoms. The molecule has 3 rings (SSSR count). The third-order valence-electron chi connectivity index (χ3n) is 4.61. The van der Waals surface area contributed by atoms with E-state index in [0.29, 0.717) is 18.7 Å². The van der Waals surface area contributed by atoms with Crippen molar-refractivity contribution in [3.8, 4) is 0 Å². The van der Waals surface area contributed by atoms with E-state index in [4.69, 9.17) is 0 Å². The zero-order valence-electron chi connectivity index (χ0n) is 13.1. The monoisotopic (exact) mass is 319 g/mol. The summed E-state index contributed by atoms with van der Waals surface area (Å²) in [6.45, 7) is 2.15. The number of nitrogens with zero attached hydrogens (tertiary/aromatic N) is 1. The van der Waals surface area contributed by atoms with Gasteiger partial charge in [-0.1, -0.05) is 12.1 Å². The molecule has 0 aliphatic carbocycles. The minimum Gasteiger partial charge on any atom is -0.344 e. The van der Waals surface area contributed by atoms with Crippen LogP contribution >= 0.6 is 0 Å². The third kappa shape index (κ3) is 3.52. The van der Waals surface area contributed by atoms with Crippen molar-refractivity contribution >= 4 is 17.5 Å². The first-order valence-corrected chi connectivity index (χ1v) is 8.24. The zero-order valence-corrected chi connectivity index (χ0v) is 13.1. The fraction of sp³-hybridized carbons (Fsp3) is 0.529. The molecule has 0 aromatic heterocycles. The van der Waals surface area contributed by atoms with Crippen LogP contribution < -0.4 is 15.5 Å². The number of hydrogen-bond donors (Lipinski definition) is 2. The Morgan fingerprint density at radius 1 is 1.22 bits per heavy atom. The second kappa shape index (κ2) is 7.08. The molecule has 1 atom stereocenters. The Bertz CT molecular complexity index is 587. The Hall–Kier alpha value is -1.95. The van der Waals surface area contributed by atoms with Crippen LogP contribution in [0.5, 0.6) is 0 Å².